The Labute approximate surface area is 141 Å². The molecule has 0 saturated carbocycles. The number of anilines is 1. The smallest absolute Gasteiger partial charge is 0.130 e. The van der Waals surface area contributed by atoms with Gasteiger partial charge in [-0.15, -0.1) is 5.10 Å². The van der Waals surface area contributed by atoms with E-state index in [1.807, 2.05) is 18.2 Å². The van der Waals surface area contributed by atoms with Crippen molar-refractivity contribution in [3.05, 3.63) is 71.7 Å². The average Bonchev–Trinajstić information content (AvgIpc) is 2.97. The van der Waals surface area contributed by atoms with Crippen LogP contribution in [0.3, 0.4) is 0 Å². The molecule has 5 rings (SSSR count). The molecule has 0 saturated heterocycles. The van der Waals surface area contributed by atoms with Crippen molar-refractivity contribution in [2.75, 3.05) is 11.9 Å². The standard InChI is InChI=1S/C19H12F2N4/c20-13-2-1-3-14(21)16(13)12-9-23-19-15-11(8-22-18(12)15)5-4-10-6-7-24-25-17(10)19/h1-8,12,23H,9H2. The monoisotopic (exact) mass is 334 g/mol. The first kappa shape index (κ1) is 14.2. The number of nitrogens with zero attached hydrogens (tertiary/aromatic N) is 3. The van der Waals surface area contributed by atoms with Crippen LogP contribution in [0.4, 0.5) is 14.5 Å². The maximum atomic E-state index is 14.3. The Morgan fingerprint density at radius 1 is 1.04 bits per heavy atom. The number of nitrogens with one attached hydrogen (secondary N) is 1. The first-order valence-corrected chi connectivity index (χ1v) is 7.95. The normalized spacial score (nSPS) is 16.2. The molecule has 1 aromatic heterocycles. The summed E-state index contributed by atoms with van der Waals surface area (Å²) in [4.78, 5) is 4.48. The van der Waals surface area contributed by atoms with Crippen LogP contribution >= 0.6 is 0 Å². The van der Waals surface area contributed by atoms with Gasteiger partial charge in [0.15, 0.2) is 0 Å². The molecule has 1 unspecified atom stereocenters. The molecule has 0 amide bonds. The summed E-state index contributed by atoms with van der Waals surface area (Å²) in [6.07, 6.45) is 3.37. The number of hydrogen-bond acceptors (Lipinski definition) is 4. The van der Waals surface area contributed by atoms with Gasteiger partial charge in [0, 0.05) is 34.8 Å². The molecule has 25 heavy (non-hydrogen) atoms. The van der Waals surface area contributed by atoms with E-state index in [2.05, 4.69) is 20.5 Å². The molecule has 4 nitrogen and oxygen atoms in total. The van der Waals surface area contributed by atoms with E-state index in [0.717, 1.165) is 27.7 Å². The summed E-state index contributed by atoms with van der Waals surface area (Å²) < 4.78 is 28.6. The Morgan fingerprint density at radius 2 is 1.88 bits per heavy atom. The molecule has 1 aliphatic carbocycles. The van der Waals surface area contributed by atoms with Gasteiger partial charge in [-0.3, -0.25) is 4.98 Å². The van der Waals surface area contributed by atoms with Crippen molar-refractivity contribution >= 4 is 16.6 Å². The quantitative estimate of drug-likeness (QED) is 0.572. The largest absolute Gasteiger partial charge is 0.382 e. The third-order valence-electron chi connectivity index (χ3n) is 4.73. The van der Waals surface area contributed by atoms with Crippen LogP contribution in [0.1, 0.15) is 17.2 Å². The summed E-state index contributed by atoms with van der Waals surface area (Å²) in [5, 5.41) is 12.5. The second-order valence-electron chi connectivity index (χ2n) is 6.09. The van der Waals surface area contributed by atoms with E-state index in [0.29, 0.717) is 12.2 Å². The zero-order chi connectivity index (χ0) is 17.0. The molecule has 3 aliphatic rings. The molecular weight excluding hydrogens is 322 g/mol. The molecule has 1 aromatic carbocycles. The van der Waals surface area contributed by atoms with Gasteiger partial charge in [0.05, 0.1) is 23.5 Å². The zero-order valence-corrected chi connectivity index (χ0v) is 13.0. The lowest BCUT2D eigenvalue weighted by atomic mass is 9.88. The van der Waals surface area contributed by atoms with E-state index in [1.165, 1.54) is 18.2 Å². The van der Waals surface area contributed by atoms with Crippen LogP contribution in [-0.4, -0.2) is 21.7 Å². The maximum Gasteiger partial charge on any atom is 0.130 e. The SMILES string of the molecule is Fc1cccc(F)c1C1CNc2c3c1ncc-3ccc1ccnnc21. The minimum atomic E-state index is -0.559. The molecule has 0 fully saturated rings. The minimum Gasteiger partial charge on any atom is -0.382 e. The van der Waals surface area contributed by atoms with Crippen LogP contribution in [-0.2, 0) is 0 Å². The Kier molecular flexibility index (Phi) is 2.94. The van der Waals surface area contributed by atoms with Gasteiger partial charge < -0.3 is 5.32 Å². The number of aromatic nitrogens is 3. The molecule has 1 atom stereocenters. The Balaban J connectivity index is 1.82. The van der Waals surface area contributed by atoms with Gasteiger partial charge >= 0.3 is 0 Å². The summed E-state index contributed by atoms with van der Waals surface area (Å²) in [6, 6.07) is 9.71. The number of rotatable bonds is 1. The average molecular weight is 334 g/mol. The van der Waals surface area contributed by atoms with Gasteiger partial charge in [-0.2, -0.15) is 5.10 Å². The molecule has 0 bridgehead atoms. The Hall–Kier alpha value is -3.15. The van der Waals surface area contributed by atoms with Gasteiger partial charge in [0.25, 0.3) is 0 Å². The predicted molar refractivity (Wildman–Crippen MR) is 90.6 cm³/mol. The Morgan fingerprint density at radius 3 is 2.72 bits per heavy atom. The highest BCUT2D eigenvalue weighted by molar-refractivity contribution is 6.00. The van der Waals surface area contributed by atoms with Crippen molar-refractivity contribution < 1.29 is 8.78 Å². The van der Waals surface area contributed by atoms with Crippen molar-refractivity contribution in [1.82, 2.24) is 15.2 Å². The molecule has 3 heterocycles. The summed E-state index contributed by atoms with van der Waals surface area (Å²) in [5.74, 6) is -1.62. The molecule has 0 spiro atoms. The van der Waals surface area contributed by atoms with E-state index in [9.17, 15) is 8.78 Å². The second kappa shape index (κ2) is 5.17. The second-order valence-corrected chi connectivity index (χ2v) is 6.09. The molecule has 6 heteroatoms. The van der Waals surface area contributed by atoms with E-state index in [4.69, 9.17) is 0 Å². The predicted octanol–water partition coefficient (Wildman–Crippen LogP) is 3.97. The Bertz CT molecular complexity index is 1080. The third kappa shape index (κ3) is 2.00. The van der Waals surface area contributed by atoms with E-state index >= 15 is 0 Å². The van der Waals surface area contributed by atoms with Gasteiger partial charge in [-0.05, 0) is 18.2 Å². The number of fused-ring (bicyclic) bond motifs is 2. The van der Waals surface area contributed by atoms with Gasteiger partial charge in [0.1, 0.15) is 17.2 Å². The molecule has 1 N–H and O–H groups in total. The van der Waals surface area contributed by atoms with E-state index in [-0.39, 0.29) is 5.56 Å². The van der Waals surface area contributed by atoms with Crippen LogP contribution in [0.25, 0.3) is 22.0 Å². The van der Waals surface area contributed by atoms with Crippen molar-refractivity contribution in [2.24, 2.45) is 0 Å². The maximum absolute atomic E-state index is 14.3. The fourth-order valence-corrected chi connectivity index (χ4v) is 3.60. The summed E-state index contributed by atoms with van der Waals surface area (Å²) in [6.45, 7) is 0.340. The van der Waals surface area contributed by atoms with E-state index < -0.39 is 17.6 Å². The lowest BCUT2D eigenvalue weighted by Crippen LogP contribution is -2.22. The number of benzene rings is 1. The molecule has 2 aliphatic heterocycles. The molecule has 2 aromatic rings. The lowest BCUT2D eigenvalue weighted by molar-refractivity contribution is 0.541. The van der Waals surface area contributed by atoms with Gasteiger partial charge in [-0.1, -0.05) is 18.2 Å². The van der Waals surface area contributed by atoms with Crippen LogP contribution in [0.5, 0.6) is 0 Å². The summed E-state index contributed by atoms with van der Waals surface area (Å²) >= 11 is 0. The zero-order valence-electron chi connectivity index (χ0n) is 13.0. The van der Waals surface area contributed by atoms with Crippen LogP contribution in [0.15, 0.2) is 48.8 Å². The summed E-state index contributed by atoms with van der Waals surface area (Å²) in [5.41, 5.74) is 3.98. The molecule has 0 radical (unpaired) electrons. The van der Waals surface area contributed by atoms with Crippen molar-refractivity contribution in [3.8, 4) is 11.1 Å². The van der Waals surface area contributed by atoms with Crippen LogP contribution in [0, 0.1) is 11.6 Å². The first-order chi connectivity index (χ1) is 12.2. The van der Waals surface area contributed by atoms with Crippen molar-refractivity contribution in [3.63, 3.8) is 0 Å². The van der Waals surface area contributed by atoms with Crippen molar-refractivity contribution in [2.45, 2.75) is 5.92 Å². The fraction of sp³-hybridized carbons (Fsp3) is 0.105. The van der Waals surface area contributed by atoms with Gasteiger partial charge in [-0.25, -0.2) is 8.78 Å². The summed E-state index contributed by atoms with van der Waals surface area (Å²) in [7, 11) is 0. The highest BCUT2D eigenvalue weighted by Crippen LogP contribution is 2.45. The molecular formula is C19H12F2N4. The van der Waals surface area contributed by atoms with Crippen LogP contribution in [0.2, 0.25) is 0 Å². The lowest BCUT2D eigenvalue weighted by Gasteiger charge is -2.25. The number of halogens is 2. The topological polar surface area (TPSA) is 50.7 Å². The van der Waals surface area contributed by atoms with E-state index in [1.54, 1.807) is 12.4 Å². The first-order valence-electron chi connectivity index (χ1n) is 7.95. The third-order valence-corrected chi connectivity index (χ3v) is 4.73. The highest BCUT2D eigenvalue weighted by atomic mass is 19.1. The van der Waals surface area contributed by atoms with Crippen molar-refractivity contribution in [1.29, 1.82) is 0 Å². The van der Waals surface area contributed by atoms with Crippen LogP contribution < -0.4 is 5.32 Å². The number of hydrogen-bond donors (Lipinski definition) is 1. The fourth-order valence-electron chi connectivity index (χ4n) is 3.60. The minimum absolute atomic E-state index is 0.0440. The molecule has 122 valence electrons. The highest BCUT2D eigenvalue weighted by Gasteiger charge is 2.32. The van der Waals surface area contributed by atoms with Gasteiger partial charge in [0.2, 0.25) is 0 Å².